The summed E-state index contributed by atoms with van der Waals surface area (Å²) in [5, 5.41) is 0.813. The largest absolute Gasteiger partial charge is 0.329 e. The summed E-state index contributed by atoms with van der Waals surface area (Å²) in [6.07, 6.45) is 6.91. The lowest BCUT2D eigenvalue weighted by Crippen LogP contribution is -2.29. The van der Waals surface area contributed by atoms with Gasteiger partial charge >= 0.3 is 5.69 Å². The molecule has 3 aromatic rings. The minimum atomic E-state index is -0.429. The van der Waals surface area contributed by atoms with E-state index in [-0.39, 0.29) is 5.56 Å². The third-order valence-electron chi connectivity index (χ3n) is 4.92. The zero-order valence-corrected chi connectivity index (χ0v) is 17.4. The van der Waals surface area contributed by atoms with Crippen LogP contribution in [-0.4, -0.2) is 24.9 Å². The molecular formula is C21H28N4O2S. The summed E-state index contributed by atoms with van der Waals surface area (Å²) in [5.41, 5.74) is 1.35. The molecule has 3 rings (SSSR count). The zero-order valence-electron chi connectivity index (χ0n) is 16.6. The van der Waals surface area contributed by atoms with Gasteiger partial charge < -0.3 is 4.57 Å². The normalized spacial score (nSPS) is 11.4. The Hall–Kier alpha value is -2.28. The van der Waals surface area contributed by atoms with Gasteiger partial charge in [-0.15, -0.1) is 0 Å². The van der Waals surface area contributed by atoms with Crippen molar-refractivity contribution in [3.05, 3.63) is 56.7 Å². The van der Waals surface area contributed by atoms with Gasteiger partial charge in [-0.3, -0.25) is 14.3 Å². The summed E-state index contributed by atoms with van der Waals surface area (Å²) in [5.74, 6) is 0.963. The van der Waals surface area contributed by atoms with Crippen LogP contribution in [0.25, 0.3) is 11.2 Å². The Morgan fingerprint density at radius 3 is 2.57 bits per heavy atom. The number of nitrogens with zero attached hydrogens (tertiary/aromatic N) is 3. The van der Waals surface area contributed by atoms with Crippen LogP contribution in [0.3, 0.4) is 0 Å². The van der Waals surface area contributed by atoms with E-state index in [0.29, 0.717) is 17.7 Å². The summed E-state index contributed by atoms with van der Waals surface area (Å²) >= 11 is 1.67. The third kappa shape index (κ3) is 4.76. The molecule has 0 aliphatic carbocycles. The molecule has 0 unspecified atom stereocenters. The Bertz CT molecular complexity index is 1020. The average Bonchev–Trinajstić information content (AvgIpc) is 3.07. The van der Waals surface area contributed by atoms with Gasteiger partial charge in [-0.05, 0) is 18.4 Å². The number of thioether (sulfide) groups is 1. The molecule has 2 aromatic heterocycles. The van der Waals surface area contributed by atoms with Crippen molar-refractivity contribution in [1.82, 2.24) is 19.1 Å². The highest BCUT2D eigenvalue weighted by atomic mass is 32.2. The van der Waals surface area contributed by atoms with E-state index < -0.39 is 5.69 Å². The van der Waals surface area contributed by atoms with Gasteiger partial charge in [0.1, 0.15) is 0 Å². The van der Waals surface area contributed by atoms with Gasteiger partial charge in [0.15, 0.2) is 16.3 Å². The van der Waals surface area contributed by atoms with Crippen LogP contribution >= 0.6 is 11.8 Å². The molecular weight excluding hydrogens is 372 g/mol. The van der Waals surface area contributed by atoms with Gasteiger partial charge in [0.2, 0.25) is 0 Å². The summed E-state index contributed by atoms with van der Waals surface area (Å²) in [7, 11) is 1.65. The van der Waals surface area contributed by atoms with Crippen molar-refractivity contribution in [3.8, 4) is 0 Å². The molecule has 0 amide bonds. The minimum absolute atomic E-state index is 0.367. The van der Waals surface area contributed by atoms with E-state index in [1.54, 1.807) is 18.8 Å². The lowest BCUT2D eigenvalue weighted by Gasteiger charge is -2.09. The molecule has 0 radical (unpaired) electrons. The van der Waals surface area contributed by atoms with E-state index in [1.165, 1.54) is 35.8 Å². The second-order valence-corrected chi connectivity index (χ2v) is 8.10. The number of aryl methyl sites for hydroxylation is 3. The number of imidazole rings is 1. The van der Waals surface area contributed by atoms with Crippen molar-refractivity contribution >= 4 is 22.9 Å². The Morgan fingerprint density at radius 2 is 1.82 bits per heavy atom. The van der Waals surface area contributed by atoms with Gasteiger partial charge in [0.25, 0.3) is 5.56 Å². The number of unbranched alkanes of at least 4 members (excludes halogenated alkanes) is 4. The number of aromatic amines is 1. The van der Waals surface area contributed by atoms with Crippen molar-refractivity contribution in [3.63, 3.8) is 0 Å². The standard InChI is InChI=1S/C21H28N4O2S/c1-3-4-5-6-10-15-28-21-22-18-17(19(26)23-20(27)24(18)2)25(21)14-13-16-11-8-7-9-12-16/h7-9,11-12H,3-6,10,13-15H2,1-2H3,(H,23,26,27). The maximum absolute atomic E-state index is 12.5. The first kappa shape index (κ1) is 20.5. The quantitative estimate of drug-likeness (QED) is 0.416. The van der Waals surface area contributed by atoms with Gasteiger partial charge in [-0.1, -0.05) is 74.7 Å². The van der Waals surface area contributed by atoms with Crippen LogP contribution in [0.2, 0.25) is 0 Å². The Balaban J connectivity index is 1.85. The summed E-state index contributed by atoms with van der Waals surface area (Å²) in [6, 6.07) is 10.2. The van der Waals surface area contributed by atoms with E-state index in [4.69, 9.17) is 0 Å². The molecule has 0 spiro atoms. The second-order valence-electron chi connectivity index (χ2n) is 7.03. The van der Waals surface area contributed by atoms with Gasteiger partial charge in [-0.25, -0.2) is 9.78 Å². The Labute approximate surface area is 169 Å². The fraction of sp³-hybridized carbons (Fsp3) is 0.476. The smallest absolute Gasteiger partial charge is 0.313 e. The molecule has 0 atom stereocenters. The van der Waals surface area contributed by atoms with Crippen molar-refractivity contribution in [1.29, 1.82) is 0 Å². The number of hydrogen-bond acceptors (Lipinski definition) is 4. The molecule has 1 aromatic carbocycles. The molecule has 0 fully saturated rings. The second kappa shape index (κ2) is 9.78. The van der Waals surface area contributed by atoms with Crippen LogP contribution in [0.1, 0.15) is 44.6 Å². The molecule has 28 heavy (non-hydrogen) atoms. The first-order valence-electron chi connectivity index (χ1n) is 9.98. The van der Waals surface area contributed by atoms with Gasteiger partial charge in [0, 0.05) is 19.3 Å². The molecule has 0 aliphatic heterocycles. The summed E-state index contributed by atoms with van der Waals surface area (Å²) < 4.78 is 3.39. The van der Waals surface area contributed by atoms with E-state index in [2.05, 4.69) is 29.0 Å². The topological polar surface area (TPSA) is 72.7 Å². The highest BCUT2D eigenvalue weighted by Gasteiger charge is 2.17. The van der Waals surface area contributed by atoms with Crippen molar-refractivity contribution in [2.75, 3.05) is 5.75 Å². The van der Waals surface area contributed by atoms with Crippen LogP contribution in [0.15, 0.2) is 45.1 Å². The molecule has 7 heteroatoms. The molecule has 2 heterocycles. The van der Waals surface area contributed by atoms with Crippen LogP contribution in [-0.2, 0) is 20.0 Å². The molecule has 0 aliphatic rings. The number of H-pyrrole nitrogens is 1. The molecule has 0 saturated carbocycles. The SMILES string of the molecule is CCCCCCCSc1nc2c(c(=O)[nH]c(=O)n2C)n1CCc1ccccc1. The van der Waals surface area contributed by atoms with E-state index in [1.807, 2.05) is 22.8 Å². The number of nitrogens with one attached hydrogen (secondary N) is 1. The molecule has 0 saturated heterocycles. The number of fused-ring (bicyclic) bond motifs is 1. The molecule has 0 bridgehead atoms. The highest BCUT2D eigenvalue weighted by molar-refractivity contribution is 7.99. The maximum Gasteiger partial charge on any atom is 0.329 e. The number of benzene rings is 1. The van der Waals surface area contributed by atoms with Crippen molar-refractivity contribution in [2.24, 2.45) is 7.05 Å². The lowest BCUT2D eigenvalue weighted by molar-refractivity contribution is 0.645. The number of rotatable bonds is 10. The third-order valence-corrected chi connectivity index (χ3v) is 5.98. The fourth-order valence-corrected chi connectivity index (χ4v) is 4.31. The number of aromatic nitrogens is 4. The fourth-order valence-electron chi connectivity index (χ4n) is 3.29. The first-order valence-corrected chi connectivity index (χ1v) is 11.0. The van der Waals surface area contributed by atoms with E-state index >= 15 is 0 Å². The molecule has 150 valence electrons. The van der Waals surface area contributed by atoms with Crippen molar-refractivity contribution < 1.29 is 0 Å². The highest BCUT2D eigenvalue weighted by Crippen LogP contribution is 2.23. The maximum atomic E-state index is 12.5. The summed E-state index contributed by atoms with van der Waals surface area (Å²) in [6.45, 7) is 2.87. The molecule has 6 nitrogen and oxygen atoms in total. The predicted octanol–water partition coefficient (Wildman–Crippen LogP) is 3.73. The van der Waals surface area contributed by atoms with Crippen LogP contribution in [0.4, 0.5) is 0 Å². The van der Waals surface area contributed by atoms with E-state index in [9.17, 15) is 9.59 Å². The minimum Gasteiger partial charge on any atom is -0.313 e. The Kier molecular flexibility index (Phi) is 7.14. The summed E-state index contributed by atoms with van der Waals surface area (Å²) in [4.78, 5) is 31.5. The zero-order chi connectivity index (χ0) is 19.9. The van der Waals surface area contributed by atoms with Crippen LogP contribution in [0.5, 0.6) is 0 Å². The lowest BCUT2D eigenvalue weighted by atomic mass is 10.1. The van der Waals surface area contributed by atoms with Crippen molar-refractivity contribution in [2.45, 2.75) is 57.1 Å². The molecule has 1 N–H and O–H groups in total. The predicted molar refractivity (Wildman–Crippen MR) is 115 cm³/mol. The monoisotopic (exact) mass is 400 g/mol. The first-order chi connectivity index (χ1) is 13.6. The average molecular weight is 401 g/mol. The van der Waals surface area contributed by atoms with Gasteiger partial charge in [0.05, 0.1) is 0 Å². The van der Waals surface area contributed by atoms with E-state index in [0.717, 1.165) is 23.8 Å². The van der Waals surface area contributed by atoms with Gasteiger partial charge in [-0.2, -0.15) is 0 Å². The Morgan fingerprint density at radius 1 is 1.07 bits per heavy atom. The number of hydrogen-bond donors (Lipinski definition) is 1. The van der Waals surface area contributed by atoms with Crippen LogP contribution in [0, 0.1) is 0 Å². The van der Waals surface area contributed by atoms with Crippen LogP contribution < -0.4 is 11.2 Å².